The summed E-state index contributed by atoms with van der Waals surface area (Å²) < 4.78 is 1.55. The fourth-order valence-electron chi connectivity index (χ4n) is 3.40. The molecule has 9 heteroatoms. The second-order valence-electron chi connectivity index (χ2n) is 7.99. The number of carbonyl (C=O) groups is 1. The molecule has 1 fully saturated rings. The van der Waals surface area contributed by atoms with Gasteiger partial charge in [0.2, 0.25) is 0 Å². The first-order chi connectivity index (χ1) is 14.4. The van der Waals surface area contributed by atoms with E-state index in [1.807, 2.05) is 26.8 Å². The van der Waals surface area contributed by atoms with Crippen LogP contribution in [0.15, 0.2) is 24.5 Å². The van der Waals surface area contributed by atoms with Crippen molar-refractivity contribution in [3.05, 3.63) is 35.7 Å². The number of pyridine rings is 2. The maximum atomic E-state index is 12.8. The minimum absolute atomic E-state index is 0.119. The fraction of sp³-hybridized carbons (Fsp3) is 0.381. The number of rotatable bonds is 6. The summed E-state index contributed by atoms with van der Waals surface area (Å²) in [6.45, 7) is 6.04. The lowest BCUT2D eigenvalue weighted by molar-refractivity contribution is 0.0936. The molecule has 3 aromatic rings. The molecule has 1 aliphatic rings. The molecule has 3 heterocycles. The molecule has 4 N–H and O–H groups in total. The van der Waals surface area contributed by atoms with E-state index in [1.165, 1.54) is 0 Å². The summed E-state index contributed by atoms with van der Waals surface area (Å²) in [5.74, 6) is 1.05. The van der Waals surface area contributed by atoms with Crippen LogP contribution < -0.4 is 16.4 Å². The van der Waals surface area contributed by atoms with Gasteiger partial charge in [-0.1, -0.05) is 0 Å². The predicted molar refractivity (Wildman–Crippen MR) is 114 cm³/mol. The molecule has 1 aliphatic carbocycles. The minimum Gasteiger partial charge on any atom is -0.383 e. The van der Waals surface area contributed by atoms with Crippen molar-refractivity contribution in [2.45, 2.75) is 45.7 Å². The number of nitrogen functional groups attached to an aromatic ring is 1. The van der Waals surface area contributed by atoms with E-state index in [9.17, 15) is 4.79 Å². The molecule has 0 spiro atoms. The largest absolute Gasteiger partial charge is 0.383 e. The van der Waals surface area contributed by atoms with E-state index in [2.05, 4.69) is 25.7 Å². The second kappa shape index (κ2) is 7.63. The first-order valence-electron chi connectivity index (χ1n) is 9.99. The molecule has 0 radical (unpaired) electrons. The van der Waals surface area contributed by atoms with Gasteiger partial charge < -0.3 is 16.4 Å². The second-order valence-corrected chi connectivity index (χ2v) is 7.99. The lowest BCUT2D eigenvalue weighted by Gasteiger charge is -2.18. The minimum atomic E-state index is -0.150. The van der Waals surface area contributed by atoms with Gasteiger partial charge in [-0.05, 0) is 45.6 Å². The van der Waals surface area contributed by atoms with E-state index >= 15 is 0 Å². The number of anilines is 2. The summed E-state index contributed by atoms with van der Waals surface area (Å²) >= 11 is 0. The number of nitrogens with two attached hydrogens (primary N) is 1. The van der Waals surface area contributed by atoms with E-state index in [-0.39, 0.29) is 23.8 Å². The van der Waals surface area contributed by atoms with Gasteiger partial charge in [0.15, 0.2) is 11.5 Å². The van der Waals surface area contributed by atoms with Crippen LogP contribution in [0.1, 0.15) is 49.5 Å². The lowest BCUT2D eigenvalue weighted by Crippen LogP contribution is -2.34. The Labute approximate surface area is 174 Å². The summed E-state index contributed by atoms with van der Waals surface area (Å²) in [6.07, 6.45) is 5.48. The Hall–Kier alpha value is -3.67. The molecule has 3 aromatic heterocycles. The SMILES string of the molecule is CC(C)Nc1cc(-n2ncc3cc(C#N)c(N)nc32)ncc1C(=O)N[C@H](C)C1CC1. The number of hydrogen-bond donors (Lipinski definition) is 3. The van der Waals surface area contributed by atoms with E-state index in [0.29, 0.717) is 39.6 Å². The number of nitriles is 1. The zero-order valence-corrected chi connectivity index (χ0v) is 17.2. The average Bonchev–Trinajstić information content (AvgIpc) is 3.48. The number of amides is 1. The quantitative estimate of drug-likeness (QED) is 0.575. The van der Waals surface area contributed by atoms with Gasteiger partial charge in [0, 0.05) is 29.7 Å². The van der Waals surface area contributed by atoms with E-state index in [4.69, 9.17) is 11.0 Å². The van der Waals surface area contributed by atoms with Crippen molar-refractivity contribution >= 4 is 28.4 Å². The van der Waals surface area contributed by atoms with Crippen molar-refractivity contribution in [2.75, 3.05) is 11.1 Å². The number of hydrogen-bond acceptors (Lipinski definition) is 7. The average molecular weight is 404 g/mol. The standard InChI is InChI=1S/C21H24N8O/c1-11(2)26-17-7-18(24-10-16(17)21(30)27-12(3)13-4-5-13)29-20-15(9-25-29)6-14(8-22)19(23)28-20/h6-7,9-13H,4-5H2,1-3H3,(H2,23,28)(H,24,26)(H,27,30)/t12-/m1/s1. The summed E-state index contributed by atoms with van der Waals surface area (Å²) in [5, 5.41) is 20.6. The van der Waals surface area contributed by atoms with Crippen molar-refractivity contribution in [1.82, 2.24) is 25.1 Å². The van der Waals surface area contributed by atoms with Gasteiger partial charge >= 0.3 is 0 Å². The number of nitrogens with zero attached hydrogens (tertiary/aromatic N) is 5. The van der Waals surface area contributed by atoms with Gasteiger partial charge in [-0.3, -0.25) is 4.79 Å². The lowest BCUT2D eigenvalue weighted by atomic mass is 10.1. The number of carbonyl (C=O) groups excluding carboxylic acids is 1. The predicted octanol–water partition coefficient (Wildman–Crippen LogP) is 2.62. The first-order valence-corrected chi connectivity index (χ1v) is 9.99. The van der Waals surface area contributed by atoms with Crippen molar-refractivity contribution in [2.24, 2.45) is 5.92 Å². The molecule has 0 aliphatic heterocycles. The van der Waals surface area contributed by atoms with Crippen LogP contribution >= 0.6 is 0 Å². The summed E-state index contributed by atoms with van der Waals surface area (Å²) in [5.41, 5.74) is 7.82. The monoisotopic (exact) mass is 404 g/mol. The topological polar surface area (TPSA) is 135 Å². The highest BCUT2D eigenvalue weighted by atomic mass is 16.1. The van der Waals surface area contributed by atoms with Crippen LogP contribution in [-0.4, -0.2) is 37.7 Å². The Morgan fingerprint density at radius 2 is 2.07 bits per heavy atom. The molecule has 4 rings (SSSR count). The van der Waals surface area contributed by atoms with E-state index < -0.39 is 0 Å². The van der Waals surface area contributed by atoms with Crippen molar-refractivity contribution < 1.29 is 4.79 Å². The third kappa shape index (κ3) is 3.76. The third-order valence-corrected chi connectivity index (χ3v) is 5.18. The highest BCUT2D eigenvalue weighted by molar-refractivity contribution is 5.99. The summed E-state index contributed by atoms with van der Waals surface area (Å²) in [7, 11) is 0. The van der Waals surface area contributed by atoms with Gasteiger partial charge in [-0.25, -0.2) is 9.97 Å². The molecule has 154 valence electrons. The summed E-state index contributed by atoms with van der Waals surface area (Å²) in [6, 6.07) is 5.70. The van der Waals surface area contributed by atoms with Gasteiger partial charge in [-0.15, -0.1) is 0 Å². The van der Waals surface area contributed by atoms with Crippen molar-refractivity contribution in [1.29, 1.82) is 5.26 Å². The molecule has 1 saturated carbocycles. The Bertz CT molecular complexity index is 1160. The molecule has 1 atom stereocenters. The highest BCUT2D eigenvalue weighted by Gasteiger charge is 2.29. The van der Waals surface area contributed by atoms with E-state index in [0.717, 1.165) is 12.8 Å². The molecule has 0 saturated heterocycles. The summed E-state index contributed by atoms with van der Waals surface area (Å²) in [4.78, 5) is 21.6. The zero-order valence-electron chi connectivity index (χ0n) is 17.2. The zero-order chi connectivity index (χ0) is 21.4. The molecule has 0 unspecified atom stereocenters. The van der Waals surface area contributed by atoms with Crippen molar-refractivity contribution in [3.63, 3.8) is 0 Å². The Morgan fingerprint density at radius 3 is 2.73 bits per heavy atom. The number of nitrogens with one attached hydrogen (secondary N) is 2. The molecule has 9 nitrogen and oxygen atoms in total. The van der Waals surface area contributed by atoms with Crippen LogP contribution in [0.25, 0.3) is 16.9 Å². The smallest absolute Gasteiger partial charge is 0.255 e. The highest BCUT2D eigenvalue weighted by Crippen LogP contribution is 2.32. The molecule has 30 heavy (non-hydrogen) atoms. The van der Waals surface area contributed by atoms with Crippen LogP contribution in [0.5, 0.6) is 0 Å². The maximum absolute atomic E-state index is 12.8. The van der Waals surface area contributed by atoms with Crippen LogP contribution in [0.3, 0.4) is 0 Å². The number of aromatic nitrogens is 4. The van der Waals surface area contributed by atoms with E-state index in [1.54, 1.807) is 29.2 Å². The molecular formula is C21H24N8O. The van der Waals surface area contributed by atoms with Gasteiger partial charge in [-0.2, -0.15) is 15.0 Å². The molecular weight excluding hydrogens is 380 g/mol. The van der Waals surface area contributed by atoms with Gasteiger partial charge in [0.05, 0.1) is 23.0 Å². The molecule has 1 amide bonds. The van der Waals surface area contributed by atoms with Crippen molar-refractivity contribution in [3.8, 4) is 11.9 Å². The Morgan fingerprint density at radius 1 is 1.30 bits per heavy atom. The van der Waals surface area contributed by atoms with Gasteiger partial charge in [0.25, 0.3) is 5.91 Å². The Kier molecular flexibility index (Phi) is 4.99. The number of fused-ring (bicyclic) bond motifs is 1. The van der Waals surface area contributed by atoms with Crippen LogP contribution in [0, 0.1) is 17.2 Å². The van der Waals surface area contributed by atoms with Crippen LogP contribution in [0.4, 0.5) is 11.5 Å². The Balaban J connectivity index is 1.73. The van der Waals surface area contributed by atoms with Gasteiger partial charge in [0.1, 0.15) is 11.9 Å². The fourth-order valence-corrected chi connectivity index (χ4v) is 3.40. The normalized spacial score (nSPS) is 14.5. The first kappa shape index (κ1) is 19.6. The molecule has 0 aromatic carbocycles. The molecule has 0 bridgehead atoms. The van der Waals surface area contributed by atoms with Crippen LogP contribution in [-0.2, 0) is 0 Å². The maximum Gasteiger partial charge on any atom is 0.255 e. The third-order valence-electron chi connectivity index (χ3n) is 5.18. The van der Waals surface area contributed by atoms with Crippen LogP contribution in [0.2, 0.25) is 0 Å².